The third-order valence-corrected chi connectivity index (χ3v) is 3.10. The molecule has 0 bridgehead atoms. The highest BCUT2D eigenvalue weighted by Crippen LogP contribution is 2.37. The fourth-order valence-electron chi connectivity index (χ4n) is 1.69. The van der Waals surface area contributed by atoms with Gasteiger partial charge in [-0.3, -0.25) is 4.68 Å². The number of benzene rings is 1. The zero-order valence-electron chi connectivity index (χ0n) is 11.0. The molecule has 0 saturated carbocycles. The van der Waals surface area contributed by atoms with Gasteiger partial charge in [-0.15, -0.1) is 0 Å². The van der Waals surface area contributed by atoms with E-state index < -0.39 is 0 Å². The van der Waals surface area contributed by atoms with Crippen LogP contribution in [0.1, 0.15) is 6.92 Å². The van der Waals surface area contributed by atoms with E-state index in [0.717, 1.165) is 16.7 Å². The molecule has 0 aliphatic carbocycles. The maximum absolute atomic E-state index is 6.36. The quantitative estimate of drug-likeness (QED) is 0.873. The van der Waals surface area contributed by atoms with Crippen molar-refractivity contribution in [3.05, 3.63) is 41.6 Å². The van der Waals surface area contributed by atoms with E-state index in [1.54, 1.807) is 17.9 Å². The molecule has 100 valence electrons. The standard InChI is InChI=1S/C14H16ClN3O/c1-9(2)8-19-12-6-4-5-10(13(12)15)11-7-17-18(3)14(11)16/h4-7H,1,8,16H2,2-3H3. The minimum Gasteiger partial charge on any atom is -0.488 e. The van der Waals surface area contributed by atoms with Crippen LogP contribution in [0.25, 0.3) is 11.1 Å². The van der Waals surface area contributed by atoms with Crippen LogP contribution in [0.3, 0.4) is 0 Å². The van der Waals surface area contributed by atoms with Gasteiger partial charge >= 0.3 is 0 Å². The van der Waals surface area contributed by atoms with Gasteiger partial charge in [0, 0.05) is 18.2 Å². The zero-order valence-corrected chi connectivity index (χ0v) is 11.7. The van der Waals surface area contributed by atoms with Crippen LogP contribution in [-0.4, -0.2) is 16.4 Å². The van der Waals surface area contributed by atoms with Crippen molar-refractivity contribution in [2.45, 2.75) is 6.92 Å². The van der Waals surface area contributed by atoms with Crippen LogP contribution in [0.15, 0.2) is 36.5 Å². The van der Waals surface area contributed by atoms with Gasteiger partial charge in [0.2, 0.25) is 0 Å². The molecule has 0 spiro atoms. The van der Waals surface area contributed by atoms with E-state index in [1.807, 2.05) is 25.1 Å². The summed E-state index contributed by atoms with van der Waals surface area (Å²) in [5.74, 6) is 1.18. The van der Waals surface area contributed by atoms with Crippen molar-refractivity contribution in [3.63, 3.8) is 0 Å². The Morgan fingerprint density at radius 2 is 2.21 bits per heavy atom. The SMILES string of the molecule is C=C(C)COc1cccc(-c2cnn(C)c2N)c1Cl. The van der Waals surface area contributed by atoms with Gasteiger partial charge in [-0.05, 0) is 18.6 Å². The van der Waals surface area contributed by atoms with E-state index in [9.17, 15) is 0 Å². The van der Waals surface area contributed by atoms with Gasteiger partial charge in [0.15, 0.2) is 0 Å². The van der Waals surface area contributed by atoms with E-state index >= 15 is 0 Å². The van der Waals surface area contributed by atoms with Crippen LogP contribution in [0.2, 0.25) is 5.02 Å². The number of nitrogen functional groups attached to an aromatic ring is 1. The predicted octanol–water partition coefficient (Wildman–Crippen LogP) is 3.28. The van der Waals surface area contributed by atoms with Gasteiger partial charge in [0.1, 0.15) is 18.2 Å². The number of nitrogens with zero attached hydrogens (tertiary/aromatic N) is 2. The lowest BCUT2D eigenvalue weighted by molar-refractivity contribution is 0.353. The van der Waals surface area contributed by atoms with Crippen LogP contribution < -0.4 is 10.5 Å². The molecule has 0 amide bonds. The number of nitrogens with two attached hydrogens (primary N) is 1. The van der Waals surface area contributed by atoms with Gasteiger partial charge in [-0.25, -0.2) is 0 Å². The number of rotatable bonds is 4. The van der Waals surface area contributed by atoms with Crippen LogP contribution in [-0.2, 0) is 7.05 Å². The third kappa shape index (κ3) is 2.74. The molecule has 0 radical (unpaired) electrons. The molecule has 5 heteroatoms. The molecule has 0 unspecified atom stereocenters. The highest BCUT2D eigenvalue weighted by atomic mass is 35.5. The Bertz CT molecular complexity index is 619. The van der Waals surface area contributed by atoms with Crippen molar-refractivity contribution >= 4 is 17.4 Å². The number of ether oxygens (including phenoxy) is 1. The number of hydrogen-bond donors (Lipinski definition) is 1. The minimum atomic E-state index is 0.436. The van der Waals surface area contributed by atoms with Gasteiger partial charge < -0.3 is 10.5 Å². The van der Waals surface area contributed by atoms with Crippen molar-refractivity contribution in [1.82, 2.24) is 9.78 Å². The number of halogens is 1. The second-order valence-corrected chi connectivity index (χ2v) is 4.81. The van der Waals surface area contributed by atoms with Gasteiger partial charge in [-0.2, -0.15) is 5.10 Å². The molecular weight excluding hydrogens is 262 g/mol. The number of hydrogen-bond acceptors (Lipinski definition) is 3. The molecule has 2 aromatic rings. The lowest BCUT2D eigenvalue weighted by atomic mass is 10.1. The smallest absolute Gasteiger partial charge is 0.139 e. The van der Waals surface area contributed by atoms with Crippen molar-refractivity contribution in [1.29, 1.82) is 0 Å². The van der Waals surface area contributed by atoms with Crippen molar-refractivity contribution in [3.8, 4) is 16.9 Å². The topological polar surface area (TPSA) is 53.1 Å². The Morgan fingerprint density at radius 3 is 2.79 bits per heavy atom. The summed E-state index contributed by atoms with van der Waals surface area (Å²) in [6, 6.07) is 5.59. The first-order valence-electron chi connectivity index (χ1n) is 5.84. The summed E-state index contributed by atoms with van der Waals surface area (Å²) in [6.07, 6.45) is 1.69. The van der Waals surface area contributed by atoms with Crippen LogP contribution in [0, 0.1) is 0 Å². The van der Waals surface area contributed by atoms with E-state index in [4.69, 9.17) is 22.1 Å². The van der Waals surface area contributed by atoms with Crippen LogP contribution in [0.5, 0.6) is 5.75 Å². The number of aryl methyl sites for hydroxylation is 1. The molecule has 4 nitrogen and oxygen atoms in total. The van der Waals surface area contributed by atoms with Crippen LogP contribution in [0.4, 0.5) is 5.82 Å². The third-order valence-electron chi connectivity index (χ3n) is 2.71. The number of aromatic nitrogens is 2. The molecule has 1 heterocycles. The van der Waals surface area contributed by atoms with Crippen LogP contribution >= 0.6 is 11.6 Å². The number of anilines is 1. The largest absolute Gasteiger partial charge is 0.488 e. The zero-order chi connectivity index (χ0) is 14.0. The Labute approximate surface area is 117 Å². The molecule has 2 N–H and O–H groups in total. The summed E-state index contributed by atoms with van der Waals surface area (Å²) in [5, 5.41) is 4.65. The highest BCUT2D eigenvalue weighted by Gasteiger charge is 2.14. The Balaban J connectivity index is 2.40. The van der Waals surface area contributed by atoms with E-state index in [0.29, 0.717) is 23.2 Å². The average Bonchev–Trinajstić information content (AvgIpc) is 2.69. The van der Waals surface area contributed by atoms with Crippen molar-refractivity contribution in [2.24, 2.45) is 7.05 Å². The summed E-state index contributed by atoms with van der Waals surface area (Å²) in [7, 11) is 1.79. The summed E-state index contributed by atoms with van der Waals surface area (Å²) < 4.78 is 7.21. The first-order chi connectivity index (χ1) is 9.00. The van der Waals surface area contributed by atoms with Gasteiger partial charge in [0.05, 0.1) is 11.2 Å². The van der Waals surface area contributed by atoms with E-state index in [-0.39, 0.29) is 0 Å². The Hall–Kier alpha value is -1.94. The first-order valence-corrected chi connectivity index (χ1v) is 6.22. The summed E-state index contributed by atoms with van der Waals surface area (Å²) in [4.78, 5) is 0. The molecular formula is C14H16ClN3O. The summed E-state index contributed by atoms with van der Waals surface area (Å²) in [6.45, 7) is 6.13. The maximum atomic E-state index is 6.36. The lowest BCUT2D eigenvalue weighted by Gasteiger charge is -2.11. The first kappa shape index (κ1) is 13.5. The monoisotopic (exact) mass is 277 g/mol. The fourth-order valence-corrected chi connectivity index (χ4v) is 1.97. The Kier molecular flexibility index (Phi) is 3.81. The molecule has 0 atom stereocenters. The normalized spacial score (nSPS) is 10.5. The predicted molar refractivity (Wildman–Crippen MR) is 78.4 cm³/mol. The molecule has 1 aromatic carbocycles. The summed E-state index contributed by atoms with van der Waals surface area (Å²) >= 11 is 6.36. The molecule has 0 aliphatic rings. The van der Waals surface area contributed by atoms with Gasteiger partial charge in [-0.1, -0.05) is 30.3 Å². The molecule has 1 aromatic heterocycles. The molecule has 19 heavy (non-hydrogen) atoms. The van der Waals surface area contributed by atoms with E-state index in [1.165, 1.54) is 0 Å². The van der Waals surface area contributed by atoms with E-state index in [2.05, 4.69) is 11.7 Å². The van der Waals surface area contributed by atoms with Crippen molar-refractivity contribution in [2.75, 3.05) is 12.3 Å². The molecule has 0 fully saturated rings. The second-order valence-electron chi connectivity index (χ2n) is 4.43. The average molecular weight is 278 g/mol. The Morgan fingerprint density at radius 1 is 1.47 bits per heavy atom. The highest BCUT2D eigenvalue weighted by molar-refractivity contribution is 6.35. The second kappa shape index (κ2) is 5.36. The molecule has 2 rings (SSSR count). The van der Waals surface area contributed by atoms with Gasteiger partial charge in [0.25, 0.3) is 0 Å². The maximum Gasteiger partial charge on any atom is 0.139 e. The molecule has 0 saturated heterocycles. The fraction of sp³-hybridized carbons (Fsp3) is 0.214. The molecule has 0 aliphatic heterocycles. The summed E-state index contributed by atoms with van der Waals surface area (Å²) in [5.41, 5.74) is 8.51. The lowest BCUT2D eigenvalue weighted by Crippen LogP contribution is -2.00. The van der Waals surface area contributed by atoms with Crippen molar-refractivity contribution < 1.29 is 4.74 Å². The minimum absolute atomic E-state index is 0.436.